The molecular formula is C12H15N5O3. The highest BCUT2D eigenvalue weighted by molar-refractivity contribution is 5.60. The third-order valence-corrected chi connectivity index (χ3v) is 2.69. The van der Waals surface area contributed by atoms with Gasteiger partial charge in [0.15, 0.2) is 0 Å². The van der Waals surface area contributed by atoms with Crippen LogP contribution in [-0.4, -0.2) is 21.9 Å². The Labute approximate surface area is 115 Å². The fraction of sp³-hybridized carbons (Fsp3) is 0.333. The topological polar surface area (TPSA) is 106 Å². The zero-order valence-electron chi connectivity index (χ0n) is 11.4. The number of nitrogens with zero attached hydrogens (tertiary/aromatic N) is 3. The molecule has 0 aliphatic carbocycles. The molecule has 0 radical (unpaired) electrons. The Balaban J connectivity index is 2.28. The van der Waals surface area contributed by atoms with Crippen molar-refractivity contribution in [2.75, 3.05) is 17.7 Å². The lowest BCUT2D eigenvalue weighted by molar-refractivity contribution is -0.385. The van der Waals surface area contributed by atoms with Crippen molar-refractivity contribution in [1.29, 1.82) is 0 Å². The van der Waals surface area contributed by atoms with Crippen molar-refractivity contribution in [2.45, 2.75) is 20.4 Å². The second-order valence-electron chi connectivity index (χ2n) is 4.20. The first kappa shape index (κ1) is 13.8. The summed E-state index contributed by atoms with van der Waals surface area (Å²) < 4.78 is 5.40. The maximum atomic E-state index is 11.1. The number of hydrogen-bond donors (Lipinski definition) is 2. The van der Waals surface area contributed by atoms with Crippen molar-refractivity contribution < 1.29 is 9.34 Å². The molecule has 0 aliphatic heterocycles. The quantitative estimate of drug-likeness (QED) is 0.637. The van der Waals surface area contributed by atoms with Gasteiger partial charge in [0.1, 0.15) is 17.2 Å². The van der Waals surface area contributed by atoms with Gasteiger partial charge in [0.05, 0.1) is 11.5 Å². The molecule has 8 heteroatoms. The van der Waals surface area contributed by atoms with E-state index in [4.69, 9.17) is 4.42 Å². The molecule has 0 spiro atoms. The van der Waals surface area contributed by atoms with Crippen molar-refractivity contribution in [2.24, 2.45) is 0 Å². The summed E-state index contributed by atoms with van der Waals surface area (Å²) >= 11 is 0. The van der Waals surface area contributed by atoms with E-state index in [9.17, 15) is 10.1 Å². The van der Waals surface area contributed by atoms with Gasteiger partial charge in [0.25, 0.3) is 0 Å². The predicted octanol–water partition coefficient (Wildman–Crippen LogP) is 2.25. The van der Waals surface area contributed by atoms with Gasteiger partial charge in [-0.05, 0) is 26.0 Å². The summed E-state index contributed by atoms with van der Waals surface area (Å²) in [6.07, 6.45) is 0. The van der Waals surface area contributed by atoms with Gasteiger partial charge < -0.3 is 15.1 Å². The average Bonchev–Trinajstić information content (AvgIpc) is 2.81. The van der Waals surface area contributed by atoms with E-state index in [1.807, 2.05) is 13.0 Å². The molecule has 0 amide bonds. The summed E-state index contributed by atoms with van der Waals surface area (Å²) in [6.45, 7) is 3.72. The van der Waals surface area contributed by atoms with Crippen LogP contribution < -0.4 is 10.6 Å². The molecule has 2 rings (SSSR count). The minimum absolute atomic E-state index is 0.132. The summed E-state index contributed by atoms with van der Waals surface area (Å²) in [6, 6.07) is 3.64. The summed E-state index contributed by atoms with van der Waals surface area (Å²) in [5.74, 6) is 1.96. The molecule has 0 saturated carbocycles. The van der Waals surface area contributed by atoms with Crippen molar-refractivity contribution in [3.8, 4) is 0 Å². The molecule has 0 aromatic carbocycles. The molecule has 0 fully saturated rings. The Morgan fingerprint density at radius 3 is 2.65 bits per heavy atom. The highest BCUT2D eigenvalue weighted by Crippen LogP contribution is 2.26. The Bertz CT molecular complexity index is 638. The van der Waals surface area contributed by atoms with E-state index in [1.54, 1.807) is 20.0 Å². The van der Waals surface area contributed by atoms with Gasteiger partial charge in [0, 0.05) is 7.05 Å². The second kappa shape index (κ2) is 5.55. The largest absolute Gasteiger partial charge is 0.465 e. The van der Waals surface area contributed by atoms with Gasteiger partial charge in [-0.15, -0.1) is 0 Å². The zero-order chi connectivity index (χ0) is 14.7. The average molecular weight is 277 g/mol. The van der Waals surface area contributed by atoms with Gasteiger partial charge in [0.2, 0.25) is 11.8 Å². The number of rotatable bonds is 5. The Morgan fingerprint density at radius 2 is 2.10 bits per heavy atom. The van der Waals surface area contributed by atoms with E-state index in [1.165, 1.54) is 0 Å². The van der Waals surface area contributed by atoms with Gasteiger partial charge in [-0.25, -0.2) is 4.98 Å². The van der Waals surface area contributed by atoms with Gasteiger partial charge in [-0.2, -0.15) is 4.98 Å². The summed E-state index contributed by atoms with van der Waals surface area (Å²) in [5.41, 5.74) is 0.166. The monoisotopic (exact) mass is 277 g/mol. The first-order chi connectivity index (χ1) is 9.51. The molecule has 2 aromatic rings. The van der Waals surface area contributed by atoms with E-state index in [0.29, 0.717) is 23.9 Å². The lowest BCUT2D eigenvalue weighted by atomic mass is 10.3. The van der Waals surface area contributed by atoms with E-state index in [-0.39, 0.29) is 11.5 Å². The first-order valence-corrected chi connectivity index (χ1v) is 6.01. The zero-order valence-corrected chi connectivity index (χ0v) is 11.4. The Hall–Kier alpha value is -2.64. The van der Waals surface area contributed by atoms with Gasteiger partial charge in [-0.3, -0.25) is 10.1 Å². The van der Waals surface area contributed by atoms with E-state index < -0.39 is 4.92 Å². The molecule has 2 heterocycles. The van der Waals surface area contributed by atoms with Crippen molar-refractivity contribution in [3.63, 3.8) is 0 Å². The number of aryl methyl sites for hydroxylation is 2. The highest BCUT2D eigenvalue weighted by Gasteiger charge is 2.21. The summed E-state index contributed by atoms with van der Waals surface area (Å²) in [7, 11) is 1.65. The van der Waals surface area contributed by atoms with Crippen LogP contribution in [0.5, 0.6) is 0 Å². The molecule has 0 bridgehead atoms. The van der Waals surface area contributed by atoms with Crippen LogP contribution in [0.3, 0.4) is 0 Å². The molecule has 0 saturated heterocycles. The van der Waals surface area contributed by atoms with Crippen LogP contribution in [0.1, 0.15) is 17.2 Å². The highest BCUT2D eigenvalue weighted by atomic mass is 16.6. The molecule has 0 atom stereocenters. The maximum Gasteiger partial charge on any atom is 0.332 e. The number of anilines is 2. The third-order valence-electron chi connectivity index (χ3n) is 2.69. The fourth-order valence-electron chi connectivity index (χ4n) is 1.77. The lowest BCUT2D eigenvalue weighted by Gasteiger charge is -2.08. The van der Waals surface area contributed by atoms with E-state index in [0.717, 1.165) is 5.76 Å². The standard InChI is InChI=1S/C12H15N5O3/c1-7-4-5-9(20-7)6-14-11-10(17(18)19)8(2)15-12(13-3)16-11/h4-5H,6H2,1-3H3,(H2,13,14,15,16). The minimum atomic E-state index is -0.496. The number of nitro groups is 1. The number of hydrogen-bond acceptors (Lipinski definition) is 7. The Kier molecular flexibility index (Phi) is 3.83. The van der Waals surface area contributed by atoms with Crippen molar-refractivity contribution in [1.82, 2.24) is 9.97 Å². The molecule has 8 nitrogen and oxygen atoms in total. The van der Waals surface area contributed by atoms with Crippen molar-refractivity contribution in [3.05, 3.63) is 39.5 Å². The summed E-state index contributed by atoms with van der Waals surface area (Å²) in [4.78, 5) is 18.7. The number of nitrogens with one attached hydrogen (secondary N) is 2. The molecule has 2 N–H and O–H groups in total. The first-order valence-electron chi connectivity index (χ1n) is 6.01. The minimum Gasteiger partial charge on any atom is -0.465 e. The molecule has 0 unspecified atom stereocenters. The van der Waals surface area contributed by atoms with Crippen LogP contribution in [0, 0.1) is 24.0 Å². The van der Waals surface area contributed by atoms with Crippen LogP contribution in [0.25, 0.3) is 0 Å². The third kappa shape index (κ3) is 2.85. The summed E-state index contributed by atoms with van der Waals surface area (Å²) in [5, 5.41) is 16.8. The van der Waals surface area contributed by atoms with Gasteiger partial charge >= 0.3 is 5.69 Å². The molecule has 2 aromatic heterocycles. The second-order valence-corrected chi connectivity index (χ2v) is 4.20. The van der Waals surface area contributed by atoms with Crippen LogP contribution in [-0.2, 0) is 6.54 Å². The van der Waals surface area contributed by atoms with Crippen molar-refractivity contribution >= 4 is 17.5 Å². The predicted molar refractivity (Wildman–Crippen MR) is 73.7 cm³/mol. The maximum absolute atomic E-state index is 11.1. The van der Waals surface area contributed by atoms with Crippen LogP contribution in [0.15, 0.2) is 16.5 Å². The fourth-order valence-corrected chi connectivity index (χ4v) is 1.77. The van der Waals surface area contributed by atoms with E-state index >= 15 is 0 Å². The lowest BCUT2D eigenvalue weighted by Crippen LogP contribution is -2.09. The smallest absolute Gasteiger partial charge is 0.332 e. The molecule has 0 aliphatic rings. The van der Waals surface area contributed by atoms with E-state index in [2.05, 4.69) is 20.6 Å². The number of aromatic nitrogens is 2. The molecular weight excluding hydrogens is 262 g/mol. The van der Waals surface area contributed by atoms with Gasteiger partial charge in [-0.1, -0.05) is 0 Å². The van der Waals surface area contributed by atoms with Crippen LogP contribution in [0.4, 0.5) is 17.5 Å². The van der Waals surface area contributed by atoms with Crippen LogP contribution >= 0.6 is 0 Å². The number of furan rings is 1. The normalized spacial score (nSPS) is 10.3. The molecule has 106 valence electrons. The SMILES string of the molecule is CNc1nc(C)c([N+](=O)[O-])c(NCc2ccc(C)o2)n1. The Morgan fingerprint density at radius 1 is 1.35 bits per heavy atom. The van der Waals surface area contributed by atoms with Crippen LogP contribution in [0.2, 0.25) is 0 Å². The molecule has 20 heavy (non-hydrogen) atoms.